The van der Waals surface area contributed by atoms with Gasteiger partial charge in [-0.15, -0.1) is 0 Å². The fourth-order valence-electron chi connectivity index (χ4n) is 3.31. The molecule has 1 heterocycles. The topological polar surface area (TPSA) is 64.3 Å². The number of hydrogen-bond acceptors (Lipinski definition) is 3. The van der Waals surface area contributed by atoms with Crippen LogP contribution in [0.15, 0.2) is 30.3 Å². The SMILES string of the molecule is CC(C)(C)C1OCCCC1CNC(C(N)=O)c1ccccc1. The lowest BCUT2D eigenvalue weighted by atomic mass is 9.78. The van der Waals surface area contributed by atoms with Crippen LogP contribution in [0.5, 0.6) is 0 Å². The largest absolute Gasteiger partial charge is 0.377 e. The fourth-order valence-corrected chi connectivity index (χ4v) is 3.31. The van der Waals surface area contributed by atoms with Crippen molar-refractivity contribution in [3.63, 3.8) is 0 Å². The molecule has 122 valence electrons. The number of primary amides is 1. The highest BCUT2D eigenvalue weighted by molar-refractivity contribution is 5.81. The van der Waals surface area contributed by atoms with Gasteiger partial charge < -0.3 is 15.8 Å². The van der Waals surface area contributed by atoms with E-state index in [1.807, 2.05) is 30.3 Å². The summed E-state index contributed by atoms with van der Waals surface area (Å²) in [7, 11) is 0. The summed E-state index contributed by atoms with van der Waals surface area (Å²) in [6.07, 6.45) is 2.40. The molecule has 3 unspecified atom stereocenters. The Hall–Kier alpha value is -1.39. The highest BCUT2D eigenvalue weighted by Gasteiger charge is 2.35. The Morgan fingerprint density at radius 1 is 1.36 bits per heavy atom. The summed E-state index contributed by atoms with van der Waals surface area (Å²) >= 11 is 0. The minimum absolute atomic E-state index is 0.0989. The lowest BCUT2D eigenvalue weighted by molar-refractivity contribution is -0.120. The van der Waals surface area contributed by atoms with Crippen molar-refractivity contribution in [2.24, 2.45) is 17.1 Å². The smallest absolute Gasteiger partial charge is 0.239 e. The molecule has 1 aliphatic rings. The molecule has 2 rings (SSSR count). The maximum atomic E-state index is 11.8. The van der Waals surface area contributed by atoms with Gasteiger partial charge in [-0.05, 0) is 29.7 Å². The van der Waals surface area contributed by atoms with E-state index in [1.165, 1.54) is 0 Å². The summed E-state index contributed by atoms with van der Waals surface area (Å²) in [6.45, 7) is 8.19. The van der Waals surface area contributed by atoms with E-state index < -0.39 is 6.04 Å². The second kappa shape index (κ2) is 7.25. The van der Waals surface area contributed by atoms with Crippen molar-refractivity contribution in [3.05, 3.63) is 35.9 Å². The zero-order valence-electron chi connectivity index (χ0n) is 13.8. The van der Waals surface area contributed by atoms with Gasteiger partial charge in [0.15, 0.2) is 0 Å². The minimum Gasteiger partial charge on any atom is -0.377 e. The third kappa shape index (κ3) is 4.31. The number of benzene rings is 1. The van der Waals surface area contributed by atoms with Crippen molar-refractivity contribution in [1.82, 2.24) is 5.32 Å². The van der Waals surface area contributed by atoms with Crippen molar-refractivity contribution >= 4 is 5.91 Å². The van der Waals surface area contributed by atoms with Crippen LogP contribution in [0, 0.1) is 11.3 Å². The molecule has 0 spiro atoms. The Kier molecular flexibility index (Phi) is 5.59. The van der Waals surface area contributed by atoms with E-state index in [-0.39, 0.29) is 17.4 Å². The fraction of sp³-hybridized carbons (Fsp3) is 0.611. The average Bonchev–Trinajstić information content (AvgIpc) is 2.47. The van der Waals surface area contributed by atoms with Crippen LogP contribution in [0.3, 0.4) is 0 Å². The molecular weight excluding hydrogens is 276 g/mol. The van der Waals surface area contributed by atoms with E-state index in [9.17, 15) is 4.79 Å². The van der Waals surface area contributed by atoms with Gasteiger partial charge in [-0.2, -0.15) is 0 Å². The second-order valence-corrected chi connectivity index (χ2v) is 7.21. The van der Waals surface area contributed by atoms with Crippen LogP contribution in [0.1, 0.15) is 45.2 Å². The van der Waals surface area contributed by atoms with Crippen LogP contribution < -0.4 is 11.1 Å². The van der Waals surface area contributed by atoms with E-state index in [2.05, 4.69) is 26.1 Å². The Morgan fingerprint density at radius 3 is 2.64 bits per heavy atom. The number of ether oxygens (including phenoxy) is 1. The predicted octanol–water partition coefficient (Wildman–Crippen LogP) is 2.64. The Labute approximate surface area is 133 Å². The van der Waals surface area contributed by atoms with E-state index in [0.717, 1.165) is 31.6 Å². The van der Waals surface area contributed by atoms with Gasteiger partial charge in [0.1, 0.15) is 6.04 Å². The summed E-state index contributed by atoms with van der Waals surface area (Å²) < 4.78 is 6.00. The zero-order chi connectivity index (χ0) is 16.2. The highest BCUT2D eigenvalue weighted by atomic mass is 16.5. The molecule has 0 aliphatic carbocycles. The molecule has 1 fully saturated rings. The van der Waals surface area contributed by atoms with Crippen molar-refractivity contribution in [2.45, 2.75) is 45.8 Å². The van der Waals surface area contributed by atoms with Crippen LogP contribution in [0.2, 0.25) is 0 Å². The average molecular weight is 304 g/mol. The first kappa shape index (κ1) is 17.0. The van der Waals surface area contributed by atoms with Gasteiger partial charge in [-0.25, -0.2) is 0 Å². The Morgan fingerprint density at radius 2 is 2.05 bits per heavy atom. The van der Waals surface area contributed by atoms with Crippen LogP contribution in [0.25, 0.3) is 0 Å². The van der Waals surface area contributed by atoms with E-state index in [4.69, 9.17) is 10.5 Å². The molecule has 1 aliphatic heterocycles. The molecule has 0 bridgehead atoms. The summed E-state index contributed by atoms with van der Waals surface area (Å²) in [5.74, 6) is 0.0644. The number of carbonyl (C=O) groups is 1. The van der Waals surface area contributed by atoms with Crippen molar-refractivity contribution < 1.29 is 9.53 Å². The third-order valence-electron chi connectivity index (χ3n) is 4.30. The Bertz CT molecular complexity index is 482. The van der Waals surface area contributed by atoms with Gasteiger partial charge in [-0.3, -0.25) is 4.79 Å². The molecule has 0 aromatic heterocycles. The molecule has 0 saturated carbocycles. The number of carbonyl (C=O) groups excluding carboxylic acids is 1. The second-order valence-electron chi connectivity index (χ2n) is 7.21. The van der Waals surface area contributed by atoms with E-state index in [0.29, 0.717) is 5.92 Å². The Balaban J connectivity index is 2.04. The molecule has 4 heteroatoms. The first-order chi connectivity index (χ1) is 10.4. The van der Waals surface area contributed by atoms with Gasteiger partial charge >= 0.3 is 0 Å². The molecule has 1 aromatic carbocycles. The van der Waals surface area contributed by atoms with Crippen LogP contribution in [0.4, 0.5) is 0 Å². The predicted molar refractivity (Wildman–Crippen MR) is 88.3 cm³/mol. The molecule has 1 saturated heterocycles. The minimum atomic E-state index is -0.441. The normalized spacial score (nSPS) is 24.0. The van der Waals surface area contributed by atoms with Gasteiger partial charge in [0, 0.05) is 13.2 Å². The molecule has 1 amide bonds. The number of nitrogens with two attached hydrogens (primary N) is 1. The van der Waals surface area contributed by atoms with E-state index in [1.54, 1.807) is 0 Å². The lowest BCUT2D eigenvalue weighted by Crippen LogP contribution is -2.46. The summed E-state index contributed by atoms with van der Waals surface area (Å²) in [5, 5.41) is 3.35. The lowest BCUT2D eigenvalue weighted by Gasteiger charge is -2.40. The standard InChI is InChI=1S/C18H28N2O2/c1-18(2,3)16-14(10-7-11-22-16)12-20-15(17(19)21)13-8-5-4-6-9-13/h4-6,8-9,14-16,20H,7,10-12H2,1-3H3,(H2,19,21). The monoisotopic (exact) mass is 304 g/mol. The first-order valence-electron chi connectivity index (χ1n) is 8.09. The van der Waals surface area contributed by atoms with Gasteiger partial charge in [0.25, 0.3) is 0 Å². The van der Waals surface area contributed by atoms with Crippen LogP contribution >= 0.6 is 0 Å². The summed E-state index contributed by atoms with van der Waals surface area (Å²) in [4.78, 5) is 11.8. The molecule has 1 aromatic rings. The van der Waals surface area contributed by atoms with Gasteiger partial charge in [-0.1, -0.05) is 51.1 Å². The number of hydrogen-bond donors (Lipinski definition) is 2. The summed E-state index contributed by atoms with van der Waals surface area (Å²) in [5.41, 5.74) is 6.59. The first-order valence-corrected chi connectivity index (χ1v) is 8.09. The van der Waals surface area contributed by atoms with Crippen LogP contribution in [-0.4, -0.2) is 25.2 Å². The van der Waals surface area contributed by atoms with Gasteiger partial charge in [0.2, 0.25) is 5.91 Å². The van der Waals surface area contributed by atoms with Crippen molar-refractivity contribution in [1.29, 1.82) is 0 Å². The zero-order valence-corrected chi connectivity index (χ0v) is 13.8. The maximum Gasteiger partial charge on any atom is 0.239 e. The number of amides is 1. The van der Waals surface area contributed by atoms with Gasteiger partial charge in [0.05, 0.1) is 6.10 Å². The molecule has 3 atom stereocenters. The van der Waals surface area contributed by atoms with E-state index >= 15 is 0 Å². The molecule has 0 radical (unpaired) electrons. The summed E-state index contributed by atoms with van der Waals surface area (Å²) in [6, 6.07) is 9.21. The maximum absolute atomic E-state index is 11.8. The molecule has 4 nitrogen and oxygen atoms in total. The third-order valence-corrected chi connectivity index (χ3v) is 4.30. The van der Waals surface area contributed by atoms with Crippen LogP contribution in [-0.2, 0) is 9.53 Å². The molecular formula is C18H28N2O2. The quantitative estimate of drug-likeness (QED) is 0.879. The molecule has 22 heavy (non-hydrogen) atoms. The molecule has 3 N–H and O–H groups in total. The number of rotatable bonds is 5. The highest BCUT2D eigenvalue weighted by Crippen LogP contribution is 2.34. The number of nitrogens with one attached hydrogen (secondary N) is 1. The van der Waals surface area contributed by atoms with Crippen molar-refractivity contribution in [2.75, 3.05) is 13.2 Å². The van der Waals surface area contributed by atoms with Crippen molar-refractivity contribution in [3.8, 4) is 0 Å².